The fourth-order valence-corrected chi connectivity index (χ4v) is 3.66. The Kier molecular flexibility index (Phi) is 5.88. The maximum absolute atomic E-state index is 5.47. The van der Waals surface area contributed by atoms with Gasteiger partial charge in [0.25, 0.3) is 0 Å². The van der Waals surface area contributed by atoms with E-state index in [0.717, 1.165) is 31.3 Å². The summed E-state index contributed by atoms with van der Waals surface area (Å²) in [7, 11) is 2.21. The SMILES string of the molecule is CCCNC1CCC(C)(C)CC1CN(C)Cc1ccco1. The highest BCUT2D eigenvalue weighted by atomic mass is 16.3. The van der Waals surface area contributed by atoms with E-state index in [4.69, 9.17) is 4.42 Å². The number of nitrogens with one attached hydrogen (secondary N) is 1. The molecule has 3 nitrogen and oxygen atoms in total. The van der Waals surface area contributed by atoms with Crippen LogP contribution in [0.2, 0.25) is 0 Å². The Balaban J connectivity index is 1.91. The normalized spacial score (nSPS) is 25.4. The highest BCUT2D eigenvalue weighted by Gasteiger charge is 2.34. The van der Waals surface area contributed by atoms with Crippen molar-refractivity contribution in [3.8, 4) is 0 Å². The molecule has 1 N–H and O–H groups in total. The van der Waals surface area contributed by atoms with Crippen molar-refractivity contribution < 1.29 is 4.42 Å². The van der Waals surface area contributed by atoms with E-state index in [9.17, 15) is 0 Å². The molecule has 2 unspecified atom stereocenters. The number of hydrogen-bond donors (Lipinski definition) is 1. The van der Waals surface area contributed by atoms with Gasteiger partial charge in [-0.3, -0.25) is 4.90 Å². The fourth-order valence-electron chi connectivity index (χ4n) is 3.66. The van der Waals surface area contributed by atoms with Crippen LogP contribution in [0.1, 0.15) is 52.2 Å². The van der Waals surface area contributed by atoms with E-state index in [0.29, 0.717) is 11.5 Å². The summed E-state index contributed by atoms with van der Waals surface area (Å²) in [5.74, 6) is 1.80. The Morgan fingerprint density at radius 1 is 1.43 bits per heavy atom. The van der Waals surface area contributed by atoms with Crippen LogP contribution in [0.4, 0.5) is 0 Å². The lowest BCUT2D eigenvalue weighted by Crippen LogP contribution is -2.47. The second-order valence-corrected chi connectivity index (χ2v) is 7.50. The quantitative estimate of drug-likeness (QED) is 0.826. The van der Waals surface area contributed by atoms with E-state index < -0.39 is 0 Å². The van der Waals surface area contributed by atoms with Crippen LogP contribution in [0, 0.1) is 11.3 Å². The van der Waals surface area contributed by atoms with Crippen LogP contribution in [0.5, 0.6) is 0 Å². The third-order valence-corrected chi connectivity index (χ3v) is 4.72. The van der Waals surface area contributed by atoms with Crippen LogP contribution in [0.3, 0.4) is 0 Å². The van der Waals surface area contributed by atoms with Gasteiger partial charge in [0, 0.05) is 12.6 Å². The number of hydrogen-bond acceptors (Lipinski definition) is 3. The molecule has 0 aromatic carbocycles. The van der Waals surface area contributed by atoms with Crippen molar-refractivity contribution >= 4 is 0 Å². The minimum atomic E-state index is 0.487. The molecule has 1 aromatic heterocycles. The molecule has 0 radical (unpaired) electrons. The van der Waals surface area contributed by atoms with E-state index in [1.54, 1.807) is 6.26 Å². The average molecular weight is 292 g/mol. The predicted octanol–water partition coefficient (Wildman–Crippen LogP) is 3.91. The summed E-state index contributed by atoms with van der Waals surface area (Å²) in [5, 5.41) is 3.77. The minimum absolute atomic E-state index is 0.487. The average Bonchev–Trinajstić information content (AvgIpc) is 2.89. The van der Waals surface area contributed by atoms with Gasteiger partial charge in [-0.1, -0.05) is 20.8 Å². The third-order valence-electron chi connectivity index (χ3n) is 4.72. The van der Waals surface area contributed by atoms with Gasteiger partial charge in [0.1, 0.15) is 5.76 Å². The summed E-state index contributed by atoms with van der Waals surface area (Å²) in [4.78, 5) is 2.41. The summed E-state index contributed by atoms with van der Waals surface area (Å²) in [6.07, 6.45) is 6.95. The van der Waals surface area contributed by atoms with Crippen LogP contribution < -0.4 is 5.32 Å². The molecule has 0 saturated heterocycles. The molecule has 1 saturated carbocycles. The van der Waals surface area contributed by atoms with Gasteiger partial charge in [0.15, 0.2) is 0 Å². The maximum atomic E-state index is 5.47. The van der Waals surface area contributed by atoms with Gasteiger partial charge in [0.05, 0.1) is 12.8 Å². The van der Waals surface area contributed by atoms with Crippen molar-refractivity contribution in [1.82, 2.24) is 10.2 Å². The second-order valence-electron chi connectivity index (χ2n) is 7.50. The molecular weight excluding hydrogens is 260 g/mol. The first-order valence-electron chi connectivity index (χ1n) is 8.44. The van der Waals surface area contributed by atoms with Crippen LogP contribution in [-0.4, -0.2) is 31.1 Å². The molecule has 1 aliphatic rings. The van der Waals surface area contributed by atoms with E-state index >= 15 is 0 Å². The molecule has 3 heteroatoms. The van der Waals surface area contributed by atoms with Gasteiger partial charge in [-0.15, -0.1) is 0 Å². The van der Waals surface area contributed by atoms with Gasteiger partial charge in [-0.2, -0.15) is 0 Å². The van der Waals surface area contributed by atoms with Gasteiger partial charge >= 0.3 is 0 Å². The van der Waals surface area contributed by atoms with E-state index in [1.165, 1.54) is 25.7 Å². The van der Waals surface area contributed by atoms with Crippen LogP contribution in [0.25, 0.3) is 0 Å². The van der Waals surface area contributed by atoms with E-state index in [-0.39, 0.29) is 0 Å². The van der Waals surface area contributed by atoms with Gasteiger partial charge in [-0.25, -0.2) is 0 Å². The van der Waals surface area contributed by atoms with E-state index in [1.807, 2.05) is 6.07 Å². The molecule has 1 heterocycles. The number of rotatable bonds is 7. The summed E-state index contributed by atoms with van der Waals surface area (Å²) in [6.45, 7) is 10.3. The summed E-state index contributed by atoms with van der Waals surface area (Å²) in [5.41, 5.74) is 0.487. The lowest BCUT2D eigenvalue weighted by molar-refractivity contribution is 0.104. The molecule has 120 valence electrons. The zero-order valence-electron chi connectivity index (χ0n) is 14.2. The topological polar surface area (TPSA) is 28.4 Å². The largest absolute Gasteiger partial charge is 0.468 e. The number of nitrogens with zero attached hydrogens (tertiary/aromatic N) is 1. The van der Waals surface area contributed by atoms with Crippen molar-refractivity contribution in [3.63, 3.8) is 0 Å². The molecule has 0 amide bonds. The van der Waals surface area contributed by atoms with Gasteiger partial charge in [-0.05, 0) is 62.7 Å². The van der Waals surface area contributed by atoms with Crippen molar-refractivity contribution in [2.24, 2.45) is 11.3 Å². The molecule has 2 rings (SSSR count). The zero-order valence-corrected chi connectivity index (χ0v) is 14.2. The molecule has 1 fully saturated rings. The molecule has 1 aliphatic carbocycles. The van der Waals surface area contributed by atoms with Crippen LogP contribution in [-0.2, 0) is 6.54 Å². The molecule has 0 spiro atoms. The Morgan fingerprint density at radius 2 is 2.24 bits per heavy atom. The summed E-state index contributed by atoms with van der Waals surface area (Å²) in [6, 6.07) is 4.71. The summed E-state index contributed by atoms with van der Waals surface area (Å²) < 4.78 is 5.47. The van der Waals surface area contributed by atoms with Crippen molar-refractivity contribution in [1.29, 1.82) is 0 Å². The lowest BCUT2D eigenvalue weighted by atomic mass is 9.69. The predicted molar refractivity (Wildman–Crippen MR) is 88.2 cm³/mol. The third kappa shape index (κ3) is 5.15. The standard InChI is InChI=1S/C18H32N2O/c1-5-10-19-17-8-9-18(2,3)12-15(17)13-20(4)14-16-7-6-11-21-16/h6-7,11,15,17,19H,5,8-10,12-14H2,1-4H3. The first-order valence-corrected chi connectivity index (χ1v) is 8.44. The molecule has 0 bridgehead atoms. The smallest absolute Gasteiger partial charge is 0.117 e. The molecule has 21 heavy (non-hydrogen) atoms. The minimum Gasteiger partial charge on any atom is -0.468 e. The monoisotopic (exact) mass is 292 g/mol. The highest BCUT2D eigenvalue weighted by Crippen LogP contribution is 2.39. The molecule has 0 aliphatic heterocycles. The molecule has 2 atom stereocenters. The van der Waals surface area contributed by atoms with E-state index in [2.05, 4.69) is 44.1 Å². The van der Waals surface area contributed by atoms with Crippen LogP contribution in [0.15, 0.2) is 22.8 Å². The molecule has 1 aromatic rings. The van der Waals surface area contributed by atoms with Crippen molar-refractivity contribution in [2.75, 3.05) is 20.1 Å². The fraction of sp³-hybridized carbons (Fsp3) is 0.778. The van der Waals surface area contributed by atoms with Crippen LogP contribution >= 0.6 is 0 Å². The molecular formula is C18H32N2O. The Hall–Kier alpha value is -0.800. The number of furan rings is 1. The Bertz CT molecular complexity index is 399. The van der Waals surface area contributed by atoms with Crippen molar-refractivity contribution in [2.45, 2.75) is 59.0 Å². The van der Waals surface area contributed by atoms with Gasteiger partial charge in [0.2, 0.25) is 0 Å². The Morgan fingerprint density at radius 3 is 2.90 bits per heavy atom. The lowest BCUT2D eigenvalue weighted by Gasteiger charge is -2.42. The zero-order chi connectivity index (χ0) is 15.3. The van der Waals surface area contributed by atoms with Crippen molar-refractivity contribution in [3.05, 3.63) is 24.2 Å². The first kappa shape index (κ1) is 16.6. The second kappa shape index (κ2) is 7.46. The Labute approximate surface area is 130 Å². The maximum Gasteiger partial charge on any atom is 0.117 e. The van der Waals surface area contributed by atoms with Gasteiger partial charge < -0.3 is 9.73 Å². The summed E-state index contributed by atoms with van der Waals surface area (Å²) >= 11 is 0. The first-order chi connectivity index (χ1) is 10.00. The highest BCUT2D eigenvalue weighted by molar-refractivity contribution is 4.98.